The van der Waals surface area contributed by atoms with Crippen LogP contribution >= 0.6 is 11.3 Å². The molecule has 0 spiro atoms. The smallest absolute Gasteiger partial charge is 0.252 e. The van der Waals surface area contributed by atoms with Crippen LogP contribution in [0.5, 0.6) is 0 Å². The maximum atomic E-state index is 12.0. The van der Waals surface area contributed by atoms with Crippen LogP contribution in [0.25, 0.3) is 0 Å². The molecule has 1 unspecified atom stereocenters. The van der Waals surface area contributed by atoms with Gasteiger partial charge >= 0.3 is 0 Å². The Hall–Kier alpha value is -2.17. The second kappa shape index (κ2) is 6.32. The standard InChI is InChI=1S/C13H12N2O4S/c16-5-1-2-9-6-8(7-20-9)12(18)14-10-3-4-11(17)15-13(10)19/h6-7,10,16H,3-5H2,(H,14,18)(H,15,17,19). The molecule has 20 heavy (non-hydrogen) atoms. The molecular weight excluding hydrogens is 280 g/mol. The van der Waals surface area contributed by atoms with Gasteiger partial charge in [0.2, 0.25) is 11.8 Å². The van der Waals surface area contributed by atoms with E-state index < -0.39 is 11.9 Å². The van der Waals surface area contributed by atoms with Gasteiger partial charge in [0.05, 0.1) is 10.4 Å². The van der Waals surface area contributed by atoms with E-state index in [1.165, 1.54) is 11.3 Å². The lowest BCUT2D eigenvalue weighted by Crippen LogP contribution is -2.52. The van der Waals surface area contributed by atoms with E-state index in [-0.39, 0.29) is 24.8 Å². The van der Waals surface area contributed by atoms with Crippen LogP contribution in [-0.2, 0) is 9.59 Å². The van der Waals surface area contributed by atoms with Crippen molar-refractivity contribution in [3.63, 3.8) is 0 Å². The summed E-state index contributed by atoms with van der Waals surface area (Å²) in [5, 5.41) is 15.0. The van der Waals surface area contributed by atoms with Crippen molar-refractivity contribution in [2.75, 3.05) is 6.61 Å². The zero-order valence-corrected chi connectivity index (χ0v) is 11.3. The Kier molecular flexibility index (Phi) is 4.50. The molecule has 1 aliphatic rings. The Morgan fingerprint density at radius 1 is 1.55 bits per heavy atom. The number of rotatable bonds is 2. The predicted octanol–water partition coefficient (Wildman–Crippen LogP) is -0.373. The first-order valence-electron chi connectivity index (χ1n) is 5.93. The van der Waals surface area contributed by atoms with E-state index in [1.54, 1.807) is 11.4 Å². The molecule has 0 saturated carbocycles. The molecule has 0 radical (unpaired) electrons. The van der Waals surface area contributed by atoms with Crippen molar-refractivity contribution < 1.29 is 19.5 Å². The van der Waals surface area contributed by atoms with Crippen LogP contribution in [0, 0.1) is 11.8 Å². The minimum atomic E-state index is -0.688. The molecule has 0 aromatic carbocycles. The number of amides is 3. The van der Waals surface area contributed by atoms with Crippen LogP contribution in [-0.4, -0.2) is 35.5 Å². The topological polar surface area (TPSA) is 95.5 Å². The van der Waals surface area contributed by atoms with Crippen molar-refractivity contribution in [2.24, 2.45) is 0 Å². The molecule has 104 valence electrons. The number of nitrogens with one attached hydrogen (secondary N) is 2. The number of aliphatic hydroxyl groups is 1. The number of thiophene rings is 1. The molecule has 0 aliphatic carbocycles. The lowest BCUT2D eigenvalue weighted by Gasteiger charge is -2.21. The highest BCUT2D eigenvalue weighted by Gasteiger charge is 2.28. The van der Waals surface area contributed by atoms with E-state index in [9.17, 15) is 14.4 Å². The molecule has 3 N–H and O–H groups in total. The van der Waals surface area contributed by atoms with E-state index >= 15 is 0 Å². The molecule has 0 bridgehead atoms. The van der Waals surface area contributed by atoms with Gasteiger partial charge in [-0.1, -0.05) is 11.8 Å². The second-order valence-electron chi connectivity index (χ2n) is 4.14. The van der Waals surface area contributed by atoms with Gasteiger partial charge < -0.3 is 10.4 Å². The van der Waals surface area contributed by atoms with Crippen molar-refractivity contribution in [3.8, 4) is 11.8 Å². The maximum Gasteiger partial charge on any atom is 0.252 e. The zero-order chi connectivity index (χ0) is 14.5. The van der Waals surface area contributed by atoms with Crippen LogP contribution in [0.15, 0.2) is 11.4 Å². The van der Waals surface area contributed by atoms with E-state index in [0.717, 1.165) is 0 Å². The number of imide groups is 1. The van der Waals surface area contributed by atoms with Crippen LogP contribution in [0.1, 0.15) is 28.1 Å². The average Bonchev–Trinajstić information content (AvgIpc) is 2.88. The summed E-state index contributed by atoms with van der Waals surface area (Å²) in [5.41, 5.74) is 0.405. The minimum absolute atomic E-state index is 0.216. The van der Waals surface area contributed by atoms with Crippen molar-refractivity contribution in [3.05, 3.63) is 21.9 Å². The largest absolute Gasteiger partial charge is 0.384 e. The Morgan fingerprint density at radius 2 is 2.35 bits per heavy atom. The van der Waals surface area contributed by atoms with E-state index in [4.69, 9.17) is 5.11 Å². The quantitative estimate of drug-likeness (QED) is 0.512. The highest BCUT2D eigenvalue weighted by molar-refractivity contribution is 7.10. The summed E-state index contributed by atoms with van der Waals surface area (Å²) in [6, 6.07) is 0.904. The van der Waals surface area contributed by atoms with Gasteiger partial charge in [-0.05, 0) is 12.5 Å². The van der Waals surface area contributed by atoms with Crippen molar-refractivity contribution in [1.82, 2.24) is 10.6 Å². The summed E-state index contributed by atoms with van der Waals surface area (Å²) < 4.78 is 0. The predicted molar refractivity (Wildman–Crippen MR) is 71.9 cm³/mol. The first-order chi connectivity index (χ1) is 9.60. The van der Waals surface area contributed by atoms with Gasteiger partial charge in [0, 0.05) is 11.8 Å². The van der Waals surface area contributed by atoms with Gasteiger partial charge in [-0.2, -0.15) is 0 Å². The van der Waals surface area contributed by atoms with E-state index in [2.05, 4.69) is 22.5 Å². The fourth-order valence-electron chi connectivity index (χ4n) is 1.72. The number of piperidine rings is 1. The first-order valence-corrected chi connectivity index (χ1v) is 6.81. The molecule has 3 amide bonds. The molecule has 1 aromatic heterocycles. The molecule has 1 atom stereocenters. The molecule has 2 rings (SSSR count). The number of hydrogen-bond acceptors (Lipinski definition) is 5. The third-order valence-electron chi connectivity index (χ3n) is 2.70. The van der Waals surface area contributed by atoms with Crippen LogP contribution in [0.4, 0.5) is 0 Å². The van der Waals surface area contributed by atoms with Gasteiger partial charge in [-0.25, -0.2) is 0 Å². The zero-order valence-electron chi connectivity index (χ0n) is 10.4. The summed E-state index contributed by atoms with van der Waals surface area (Å²) in [6.07, 6.45) is 0.519. The fourth-order valence-corrected chi connectivity index (χ4v) is 2.48. The number of hydrogen-bond donors (Lipinski definition) is 3. The fraction of sp³-hybridized carbons (Fsp3) is 0.308. The molecule has 1 fully saturated rings. The normalized spacial score (nSPS) is 17.9. The SMILES string of the molecule is O=C1CCC(NC(=O)c2csc(C#CCO)c2)C(=O)N1. The Morgan fingerprint density at radius 3 is 3.05 bits per heavy atom. The van der Waals surface area contributed by atoms with E-state index in [1.807, 2.05) is 0 Å². The van der Waals surface area contributed by atoms with Crippen LogP contribution < -0.4 is 10.6 Å². The molecule has 1 aliphatic heterocycles. The van der Waals surface area contributed by atoms with Gasteiger partial charge in [0.25, 0.3) is 5.91 Å². The van der Waals surface area contributed by atoms with Crippen molar-refractivity contribution in [1.29, 1.82) is 0 Å². The monoisotopic (exact) mass is 292 g/mol. The van der Waals surface area contributed by atoms with E-state index in [0.29, 0.717) is 16.9 Å². The highest BCUT2D eigenvalue weighted by Crippen LogP contribution is 2.14. The summed E-state index contributed by atoms with van der Waals surface area (Å²) in [5.74, 6) is 4.01. The van der Waals surface area contributed by atoms with Crippen molar-refractivity contribution in [2.45, 2.75) is 18.9 Å². The van der Waals surface area contributed by atoms with Crippen LogP contribution in [0.2, 0.25) is 0 Å². The van der Waals surface area contributed by atoms with Crippen molar-refractivity contribution >= 4 is 29.1 Å². The average molecular weight is 292 g/mol. The molecule has 1 aromatic rings. The first kappa shape index (κ1) is 14.2. The summed E-state index contributed by atoms with van der Waals surface area (Å²) in [4.78, 5) is 35.1. The Labute approximate surface area is 119 Å². The molecule has 1 saturated heterocycles. The maximum absolute atomic E-state index is 12.0. The molecule has 7 heteroatoms. The van der Waals surface area contributed by atoms with Gasteiger partial charge in [-0.3, -0.25) is 19.7 Å². The van der Waals surface area contributed by atoms with Gasteiger partial charge in [0.15, 0.2) is 0 Å². The summed E-state index contributed by atoms with van der Waals surface area (Å²) in [7, 11) is 0. The minimum Gasteiger partial charge on any atom is -0.384 e. The Bertz CT molecular complexity index is 611. The number of carbonyl (C=O) groups excluding carboxylic acids is 3. The van der Waals surface area contributed by atoms with Gasteiger partial charge in [-0.15, -0.1) is 11.3 Å². The molecule has 2 heterocycles. The number of carbonyl (C=O) groups is 3. The lowest BCUT2D eigenvalue weighted by atomic mass is 10.1. The third kappa shape index (κ3) is 3.44. The molecule has 6 nitrogen and oxygen atoms in total. The Balaban J connectivity index is 1.99. The van der Waals surface area contributed by atoms with Crippen LogP contribution in [0.3, 0.4) is 0 Å². The summed E-state index contributed by atoms with van der Waals surface area (Å²) in [6.45, 7) is -0.240. The second-order valence-corrected chi connectivity index (χ2v) is 5.05. The lowest BCUT2D eigenvalue weighted by molar-refractivity contribution is -0.134. The summed E-state index contributed by atoms with van der Waals surface area (Å²) >= 11 is 1.28. The third-order valence-corrected chi connectivity index (χ3v) is 3.54. The van der Waals surface area contributed by atoms with Gasteiger partial charge in [0.1, 0.15) is 12.6 Å². The molecular formula is C13H12N2O4S. The highest BCUT2D eigenvalue weighted by atomic mass is 32.1. The number of aliphatic hydroxyl groups excluding tert-OH is 1.